The van der Waals surface area contributed by atoms with Crippen molar-refractivity contribution in [2.45, 2.75) is 138 Å². The van der Waals surface area contributed by atoms with Gasteiger partial charge in [-0.2, -0.15) is 0 Å². The summed E-state index contributed by atoms with van der Waals surface area (Å²) in [4.78, 5) is 22.7. The average molecular weight is 582 g/mol. The molecule has 0 bridgehead atoms. The van der Waals surface area contributed by atoms with Gasteiger partial charge in [0.05, 0.1) is 5.41 Å². The number of piperazine rings is 1. The lowest BCUT2D eigenvalue weighted by molar-refractivity contribution is -0.193. The minimum absolute atomic E-state index is 0.0815. The highest BCUT2D eigenvalue weighted by molar-refractivity contribution is 5.84. The topological polar surface area (TPSA) is 26.8 Å². The van der Waals surface area contributed by atoms with Crippen LogP contribution in [0.3, 0.4) is 0 Å². The van der Waals surface area contributed by atoms with E-state index in [1.165, 1.54) is 103 Å². The Morgan fingerprint density at radius 2 is 1.43 bits per heavy atom. The molecule has 6 fully saturated rings. The molecule has 6 rings (SSSR count). The number of carbonyl (C=O) groups excluding carboxylic acids is 1. The van der Waals surface area contributed by atoms with Gasteiger partial charge in [-0.25, -0.2) is 0 Å². The van der Waals surface area contributed by atoms with Gasteiger partial charge < -0.3 is 9.80 Å². The first-order valence-electron chi connectivity index (χ1n) is 18.6. The van der Waals surface area contributed by atoms with Gasteiger partial charge in [-0.1, -0.05) is 61.8 Å². The summed E-state index contributed by atoms with van der Waals surface area (Å²) in [5.41, 5.74) is 1.45. The van der Waals surface area contributed by atoms with E-state index in [0.29, 0.717) is 45.4 Å². The molecule has 4 nitrogen and oxygen atoms in total. The molecule has 0 spiro atoms. The van der Waals surface area contributed by atoms with Crippen molar-refractivity contribution in [3.05, 3.63) is 0 Å². The number of nitrogens with zero attached hydrogens (tertiary/aromatic N) is 3. The van der Waals surface area contributed by atoms with Gasteiger partial charge in [0.2, 0.25) is 5.91 Å². The molecule has 6 atom stereocenters. The molecule has 0 unspecified atom stereocenters. The maximum atomic E-state index is 15.0. The Morgan fingerprint density at radius 3 is 2.02 bits per heavy atom. The van der Waals surface area contributed by atoms with E-state index in [2.05, 4.69) is 70.1 Å². The molecule has 42 heavy (non-hydrogen) atoms. The second-order valence-electron chi connectivity index (χ2n) is 18.1. The van der Waals surface area contributed by atoms with Crippen LogP contribution in [0.5, 0.6) is 0 Å². The lowest BCUT2D eigenvalue weighted by atomic mass is 9.38. The van der Waals surface area contributed by atoms with Crippen LogP contribution in [0.4, 0.5) is 0 Å². The fourth-order valence-electron chi connectivity index (χ4n) is 12.7. The molecular weight excluding hydrogens is 514 g/mol. The first-order chi connectivity index (χ1) is 19.8. The standard InChI is InChI=1S/C38H67N3O/c1-9-16-34(3,4)31-12-11-30-32-29(36(7)18-19-36)13-17-38(32,21-20-37(30,8)35(31,5)6)33(42)41-22-14-28(15-23-41)40-26-24-39(10-2)25-27-40/h28-32H,9-27H2,1-8H3/t29-,30-,31-,32-,37-,38+/m1/s1. The highest BCUT2D eigenvalue weighted by Gasteiger charge is 2.70. The fraction of sp³-hybridized carbons (Fsp3) is 0.974. The first-order valence-corrected chi connectivity index (χ1v) is 18.6. The van der Waals surface area contributed by atoms with Gasteiger partial charge in [0.25, 0.3) is 0 Å². The Hall–Kier alpha value is -0.610. The number of likely N-dealkylation sites (tertiary alicyclic amines) is 1. The van der Waals surface area contributed by atoms with E-state index in [0.717, 1.165) is 31.3 Å². The minimum Gasteiger partial charge on any atom is -0.342 e. The summed E-state index contributed by atoms with van der Waals surface area (Å²) >= 11 is 0. The summed E-state index contributed by atoms with van der Waals surface area (Å²) in [5, 5.41) is 0. The van der Waals surface area contributed by atoms with Gasteiger partial charge >= 0.3 is 0 Å². The quantitative estimate of drug-likeness (QED) is 0.304. The highest BCUT2D eigenvalue weighted by Crippen LogP contribution is 2.75. The summed E-state index contributed by atoms with van der Waals surface area (Å²) < 4.78 is 0. The molecule has 240 valence electrons. The van der Waals surface area contributed by atoms with Crippen molar-refractivity contribution in [3.8, 4) is 0 Å². The molecule has 0 aromatic heterocycles. The molecule has 2 heterocycles. The van der Waals surface area contributed by atoms with E-state index < -0.39 is 0 Å². The molecule has 0 aromatic rings. The third-order valence-corrected chi connectivity index (χ3v) is 15.7. The van der Waals surface area contributed by atoms with Crippen LogP contribution in [0.15, 0.2) is 0 Å². The fourth-order valence-corrected chi connectivity index (χ4v) is 12.7. The van der Waals surface area contributed by atoms with E-state index in [1.807, 2.05) is 0 Å². The van der Waals surface area contributed by atoms with Crippen LogP contribution in [0.2, 0.25) is 0 Å². The van der Waals surface area contributed by atoms with Crippen molar-refractivity contribution in [1.29, 1.82) is 0 Å². The van der Waals surface area contributed by atoms with Crippen LogP contribution in [0.25, 0.3) is 0 Å². The maximum absolute atomic E-state index is 15.0. The largest absolute Gasteiger partial charge is 0.342 e. The van der Waals surface area contributed by atoms with Crippen LogP contribution in [-0.2, 0) is 4.79 Å². The maximum Gasteiger partial charge on any atom is 0.229 e. The van der Waals surface area contributed by atoms with Crippen LogP contribution < -0.4 is 0 Å². The van der Waals surface area contributed by atoms with Crippen LogP contribution in [0.1, 0.15) is 132 Å². The lowest BCUT2D eigenvalue weighted by Gasteiger charge is -2.67. The van der Waals surface area contributed by atoms with Gasteiger partial charge in [-0.15, -0.1) is 0 Å². The molecule has 4 saturated carbocycles. The molecule has 1 amide bonds. The van der Waals surface area contributed by atoms with Crippen molar-refractivity contribution in [2.24, 2.45) is 50.7 Å². The SMILES string of the molecule is CCCC(C)(C)[C@H]1CC[C@@H]2[C@H]3[C@H](C4(C)CC4)CC[C@]3(C(=O)N3CCC(N4CCN(CC)CC4)CC3)CC[C@@]2(C)C1(C)C. The summed E-state index contributed by atoms with van der Waals surface area (Å²) in [6.45, 7) is 28.4. The Balaban J connectivity index is 1.23. The zero-order valence-corrected chi connectivity index (χ0v) is 29.1. The molecule has 2 aliphatic heterocycles. The molecule has 4 heteroatoms. The third kappa shape index (κ3) is 4.85. The van der Waals surface area contributed by atoms with Gasteiger partial charge in [0.15, 0.2) is 0 Å². The number of likely N-dealkylation sites (N-methyl/N-ethyl adjacent to an activating group) is 1. The van der Waals surface area contributed by atoms with Crippen LogP contribution in [0, 0.1) is 50.7 Å². The predicted octanol–water partition coefficient (Wildman–Crippen LogP) is 8.11. The number of rotatable bonds is 7. The zero-order chi connectivity index (χ0) is 30.1. The number of fused-ring (bicyclic) bond motifs is 3. The summed E-state index contributed by atoms with van der Waals surface area (Å²) in [7, 11) is 0. The Morgan fingerprint density at radius 1 is 0.762 bits per heavy atom. The molecule has 2 saturated heterocycles. The number of hydrogen-bond acceptors (Lipinski definition) is 3. The molecule has 0 aromatic carbocycles. The Kier molecular flexibility index (Phi) is 8.24. The van der Waals surface area contributed by atoms with E-state index in [9.17, 15) is 4.79 Å². The minimum atomic E-state index is -0.0815. The van der Waals surface area contributed by atoms with Crippen molar-refractivity contribution in [3.63, 3.8) is 0 Å². The average Bonchev–Trinajstić information content (AvgIpc) is 3.58. The second-order valence-corrected chi connectivity index (χ2v) is 18.1. The third-order valence-electron chi connectivity index (χ3n) is 15.7. The summed E-state index contributed by atoms with van der Waals surface area (Å²) in [6.07, 6.45) is 15.4. The van der Waals surface area contributed by atoms with E-state index in [4.69, 9.17) is 0 Å². The van der Waals surface area contributed by atoms with Crippen LogP contribution >= 0.6 is 0 Å². The van der Waals surface area contributed by atoms with Gasteiger partial charge in [0.1, 0.15) is 0 Å². The van der Waals surface area contributed by atoms with Crippen molar-refractivity contribution >= 4 is 5.91 Å². The van der Waals surface area contributed by atoms with E-state index in [-0.39, 0.29) is 5.41 Å². The van der Waals surface area contributed by atoms with Gasteiger partial charge in [-0.3, -0.25) is 9.69 Å². The van der Waals surface area contributed by atoms with Gasteiger partial charge in [-0.05, 0) is 123 Å². The summed E-state index contributed by atoms with van der Waals surface area (Å²) in [6, 6.07) is 0.681. The molecule has 6 aliphatic rings. The van der Waals surface area contributed by atoms with Gasteiger partial charge in [0, 0.05) is 45.3 Å². The monoisotopic (exact) mass is 582 g/mol. The van der Waals surface area contributed by atoms with Crippen molar-refractivity contribution in [1.82, 2.24) is 14.7 Å². The number of carbonyl (C=O) groups is 1. The number of amides is 1. The molecule has 4 aliphatic carbocycles. The predicted molar refractivity (Wildman–Crippen MR) is 175 cm³/mol. The highest BCUT2D eigenvalue weighted by atomic mass is 16.2. The van der Waals surface area contributed by atoms with E-state index >= 15 is 0 Å². The first kappa shape index (κ1) is 31.4. The zero-order valence-electron chi connectivity index (χ0n) is 29.1. The molecular formula is C38H67N3O. The number of piperidine rings is 1. The molecule has 0 N–H and O–H groups in total. The number of hydrogen-bond donors (Lipinski definition) is 0. The lowest BCUT2D eigenvalue weighted by Crippen LogP contribution is -2.63. The normalized spacial score (nSPS) is 40.9. The summed E-state index contributed by atoms with van der Waals surface area (Å²) in [5.74, 6) is 3.43. The molecule has 0 radical (unpaired) electrons. The van der Waals surface area contributed by atoms with Crippen molar-refractivity contribution < 1.29 is 4.79 Å². The Labute approximate surface area is 260 Å². The Bertz CT molecular complexity index is 984. The van der Waals surface area contributed by atoms with Crippen molar-refractivity contribution in [2.75, 3.05) is 45.8 Å². The van der Waals surface area contributed by atoms with Crippen LogP contribution in [-0.4, -0.2) is 72.5 Å². The van der Waals surface area contributed by atoms with E-state index in [1.54, 1.807) is 0 Å². The smallest absolute Gasteiger partial charge is 0.229 e. The second kappa shape index (κ2) is 11.0.